The van der Waals surface area contributed by atoms with E-state index in [4.69, 9.17) is 4.74 Å². The summed E-state index contributed by atoms with van der Waals surface area (Å²) in [7, 11) is 0. The van der Waals surface area contributed by atoms with E-state index >= 15 is 0 Å². The number of nitrogens with zero attached hydrogens (tertiary/aromatic N) is 1. The van der Waals surface area contributed by atoms with Crippen molar-refractivity contribution in [3.63, 3.8) is 0 Å². The van der Waals surface area contributed by atoms with Crippen LogP contribution in [0.3, 0.4) is 0 Å². The van der Waals surface area contributed by atoms with Gasteiger partial charge in [0, 0.05) is 16.3 Å². The Morgan fingerprint density at radius 1 is 1.11 bits per heavy atom. The summed E-state index contributed by atoms with van der Waals surface area (Å²) >= 11 is 1.26. The summed E-state index contributed by atoms with van der Waals surface area (Å²) in [6.45, 7) is 3.46. The quantitative estimate of drug-likeness (QED) is 0.725. The molecule has 7 nitrogen and oxygen atoms in total. The summed E-state index contributed by atoms with van der Waals surface area (Å²) in [5.41, 5.74) is 0.753. The Balaban J connectivity index is 2.13. The van der Waals surface area contributed by atoms with E-state index in [-0.39, 0.29) is 5.56 Å². The van der Waals surface area contributed by atoms with Crippen molar-refractivity contribution in [2.45, 2.75) is 29.7 Å². The van der Waals surface area contributed by atoms with Gasteiger partial charge in [0.15, 0.2) is 6.10 Å². The van der Waals surface area contributed by atoms with Gasteiger partial charge in [0.05, 0.1) is 11.1 Å². The molecule has 0 radical (unpaired) electrons. The number of hydrogen-bond donors (Lipinski definition) is 2. The van der Waals surface area contributed by atoms with Crippen LogP contribution in [-0.2, 0) is 9.53 Å². The van der Waals surface area contributed by atoms with Crippen molar-refractivity contribution in [2.24, 2.45) is 0 Å². The van der Waals surface area contributed by atoms with Gasteiger partial charge in [-0.15, -0.1) is 0 Å². The van der Waals surface area contributed by atoms with Crippen LogP contribution in [0.2, 0.25) is 0 Å². The van der Waals surface area contributed by atoms with Crippen LogP contribution in [0.1, 0.15) is 29.8 Å². The topological polar surface area (TPSA) is 108 Å². The standard InChI is InChI=1S/C20H19N3O4S/c1-3-22-20(26)23-18(24)13(2)27-19(25)15-9-5-7-11-17(15)28-16-10-6-4-8-14(16)12-21/h4-11,13H,3H2,1-2H3,(H2,22,23,24,26). The fourth-order valence-electron chi connectivity index (χ4n) is 2.19. The minimum atomic E-state index is -1.15. The fraction of sp³-hybridized carbons (Fsp3) is 0.200. The van der Waals surface area contributed by atoms with Gasteiger partial charge in [-0.25, -0.2) is 9.59 Å². The van der Waals surface area contributed by atoms with Crippen LogP contribution in [0.4, 0.5) is 4.79 Å². The van der Waals surface area contributed by atoms with Crippen molar-refractivity contribution >= 4 is 29.7 Å². The average molecular weight is 397 g/mol. The Morgan fingerprint density at radius 2 is 1.75 bits per heavy atom. The summed E-state index contributed by atoms with van der Waals surface area (Å²) < 4.78 is 5.20. The third-order valence-corrected chi connectivity index (χ3v) is 4.71. The maximum atomic E-state index is 12.6. The number of amides is 3. The lowest BCUT2D eigenvalue weighted by Gasteiger charge is -2.14. The zero-order chi connectivity index (χ0) is 20.5. The molecule has 0 aromatic heterocycles. The summed E-state index contributed by atoms with van der Waals surface area (Å²) in [6.07, 6.45) is -1.15. The Labute approximate surface area is 167 Å². The van der Waals surface area contributed by atoms with Gasteiger partial charge in [0.1, 0.15) is 6.07 Å². The van der Waals surface area contributed by atoms with E-state index in [1.54, 1.807) is 55.5 Å². The van der Waals surface area contributed by atoms with E-state index in [0.717, 1.165) is 0 Å². The third-order valence-electron chi connectivity index (χ3n) is 3.56. The molecule has 0 spiro atoms. The van der Waals surface area contributed by atoms with Crippen LogP contribution in [0.5, 0.6) is 0 Å². The van der Waals surface area contributed by atoms with Gasteiger partial charge in [-0.1, -0.05) is 36.0 Å². The summed E-state index contributed by atoms with van der Waals surface area (Å²) in [6, 6.07) is 15.2. The van der Waals surface area contributed by atoms with Gasteiger partial charge in [-0.05, 0) is 38.1 Å². The molecule has 144 valence electrons. The van der Waals surface area contributed by atoms with Gasteiger partial charge >= 0.3 is 12.0 Å². The molecule has 0 saturated carbocycles. The molecule has 28 heavy (non-hydrogen) atoms. The lowest BCUT2D eigenvalue weighted by molar-refractivity contribution is -0.127. The largest absolute Gasteiger partial charge is 0.449 e. The minimum absolute atomic E-state index is 0.262. The SMILES string of the molecule is CCNC(=O)NC(=O)C(C)OC(=O)c1ccccc1Sc1ccccc1C#N. The highest BCUT2D eigenvalue weighted by Crippen LogP contribution is 2.33. The molecule has 0 heterocycles. The first-order valence-corrected chi connectivity index (χ1v) is 9.33. The summed E-state index contributed by atoms with van der Waals surface area (Å²) in [5.74, 6) is -1.42. The molecule has 2 rings (SSSR count). The van der Waals surface area contributed by atoms with Crippen molar-refractivity contribution in [1.82, 2.24) is 10.6 Å². The van der Waals surface area contributed by atoms with Crippen molar-refractivity contribution in [2.75, 3.05) is 6.54 Å². The monoisotopic (exact) mass is 397 g/mol. The van der Waals surface area contributed by atoms with Gasteiger partial charge in [-0.2, -0.15) is 5.26 Å². The Morgan fingerprint density at radius 3 is 2.43 bits per heavy atom. The molecular formula is C20H19N3O4S. The number of benzene rings is 2. The second kappa shape index (κ2) is 10.1. The van der Waals surface area contributed by atoms with E-state index in [0.29, 0.717) is 21.9 Å². The van der Waals surface area contributed by atoms with E-state index in [9.17, 15) is 19.6 Å². The number of esters is 1. The first-order chi connectivity index (χ1) is 13.5. The van der Waals surface area contributed by atoms with E-state index in [1.165, 1.54) is 18.7 Å². The number of carbonyl (C=O) groups is 3. The van der Waals surface area contributed by atoms with Crippen LogP contribution in [0, 0.1) is 11.3 Å². The lowest BCUT2D eigenvalue weighted by atomic mass is 10.2. The Kier molecular flexibility index (Phi) is 7.60. The summed E-state index contributed by atoms with van der Waals surface area (Å²) in [4.78, 5) is 37.2. The molecule has 0 aliphatic rings. The number of nitrogens with one attached hydrogen (secondary N) is 2. The van der Waals surface area contributed by atoms with E-state index in [2.05, 4.69) is 16.7 Å². The van der Waals surface area contributed by atoms with Gasteiger partial charge in [0.25, 0.3) is 5.91 Å². The number of hydrogen-bond acceptors (Lipinski definition) is 6. The predicted molar refractivity (Wildman–Crippen MR) is 104 cm³/mol. The van der Waals surface area contributed by atoms with Gasteiger partial charge in [0.2, 0.25) is 0 Å². The van der Waals surface area contributed by atoms with Crippen LogP contribution in [0.25, 0.3) is 0 Å². The molecular weight excluding hydrogens is 378 g/mol. The number of urea groups is 1. The number of carbonyl (C=O) groups excluding carboxylic acids is 3. The van der Waals surface area contributed by atoms with Crippen LogP contribution < -0.4 is 10.6 Å². The smallest absolute Gasteiger partial charge is 0.340 e. The molecule has 0 aliphatic carbocycles. The second-order valence-corrected chi connectivity index (χ2v) is 6.69. The van der Waals surface area contributed by atoms with Crippen LogP contribution in [-0.4, -0.2) is 30.6 Å². The van der Waals surface area contributed by atoms with E-state index in [1.807, 2.05) is 0 Å². The number of rotatable bonds is 6. The molecule has 2 N–H and O–H groups in total. The van der Waals surface area contributed by atoms with Crippen molar-refractivity contribution in [3.8, 4) is 6.07 Å². The molecule has 8 heteroatoms. The predicted octanol–water partition coefficient (Wildman–Crippen LogP) is 3.10. The lowest BCUT2D eigenvalue weighted by Crippen LogP contribution is -2.44. The highest BCUT2D eigenvalue weighted by atomic mass is 32.2. The maximum absolute atomic E-state index is 12.6. The number of nitriles is 1. The molecule has 2 aromatic carbocycles. The zero-order valence-corrected chi connectivity index (χ0v) is 16.2. The van der Waals surface area contributed by atoms with Crippen molar-refractivity contribution in [3.05, 3.63) is 59.7 Å². The highest BCUT2D eigenvalue weighted by Gasteiger charge is 2.22. The molecule has 0 saturated heterocycles. The molecule has 0 bridgehead atoms. The minimum Gasteiger partial charge on any atom is -0.449 e. The molecule has 0 fully saturated rings. The molecule has 2 aromatic rings. The van der Waals surface area contributed by atoms with Gasteiger partial charge < -0.3 is 10.1 Å². The summed E-state index contributed by atoms with van der Waals surface area (Å²) in [5, 5.41) is 13.8. The average Bonchev–Trinajstić information content (AvgIpc) is 2.68. The van der Waals surface area contributed by atoms with Crippen LogP contribution in [0.15, 0.2) is 58.3 Å². The van der Waals surface area contributed by atoms with Gasteiger partial charge in [-0.3, -0.25) is 10.1 Å². The first-order valence-electron chi connectivity index (χ1n) is 8.52. The Hall–Kier alpha value is -3.31. The molecule has 1 atom stereocenters. The fourth-order valence-corrected chi connectivity index (χ4v) is 3.20. The normalized spacial score (nSPS) is 11.0. The third kappa shape index (κ3) is 5.59. The highest BCUT2D eigenvalue weighted by molar-refractivity contribution is 7.99. The zero-order valence-electron chi connectivity index (χ0n) is 15.4. The molecule has 1 unspecified atom stereocenters. The number of ether oxygens (including phenoxy) is 1. The Bertz CT molecular complexity index is 924. The van der Waals surface area contributed by atoms with Crippen LogP contribution >= 0.6 is 11.8 Å². The first kappa shape index (κ1) is 21.0. The van der Waals surface area contributed by atoms with Crippen molar-refractivity contribution in [1.29, 1.82) is 5.26 Å². The molecule has 3 amide bonds. The number of imide groups is 1. The van der Waals surface area contributed by atoms with E-state index < -0.39 is 24.0 Å². The maximum Gasteiger partial charge on any atom is 0.340 e. The van der Waals surface area contributed by atoms with Crippen molar-refractivity contribution < 1.29 is 19.1 Å². The molecule has 0 aliphatic heterocycles. The second-order valence-electron chi connectivity index (χ2n) is 5.60.